The molecule has 0 aromatic heterocycles. The van der Waals surface area contributed by atoms with E-state index in [1.807, 2.05) is 0 Å². The van der Waals surface area contributed by atoms with Gasteiger partial charge in [-0.2, -0.15) is 0 Å². The number of esters is 1. The lowest BCUT2D eigenvalue weighted by molar-refractivity contribution is -0.141. The SMILES string of the molecule is CC(=O)OC[C@@H](N)C(=O)c1ccc(F)cc1.Cl. The number of carbonyl (C=O) groups is 2. The number of hydrogen-bond acceptors (Lipinski definition) is 4. The predicted octanol–water partition coefficient (Wildman–Crippen LogP) is 1.32. The smallest absolute Gasteiger partial charge is 0.302 e. The Labute approximate surface area is 104 Å². The van der Waals surface area contributed by atoms with Crippen molar-refractivity contribution in [1.82, 2.24) is 0 Å². The van der Waals surface area contributed by atoms with Crippen LogP contribution in [0.3, 0.4) is 0 Å². The van der Waals surface area contributed by atoms with Gasteiger partial charge in [0, 0.05) is 12.5 Å². The van der Waals surface area contributed by atoms with Gasteiger partial charge in [0.05, 0.1) is 0 Å². The number of halogens is 2. The summed E-state index contributed by atoms with van der Waals surface area (Å²) < 4.78 is 17.2. The summed E-state index contributed by atoms with van der Waals surface area (Å²) in [6.45, 7) is 1.06. The summed E-state index contributed by atoms with van der Waals surface area (Å²) in [6, 6.07) is 4.10. The molecule has 0 aliphatic carbocycles. The Hall–Kier alpha value is -1.46. The minimum Gasteiger partial charge on any atom is -0.464 e. The van der Waals surface area contributed by atoms with Gasteiger partial charge in [-0.15, -0.1) is 12.4 Å². The van der Waals surface area contributed by atoms with Crippen LogP contribution in [0.25, 0.3) is 0 Å². The van der Waals surface area contributed by atoms with E-state index in [4.69, 9.17) is 5.73 Å². The molecule has 0 unspecified atom stereocenters. The van der Waals surface area contributed by atoms with E-state index >= 15 is 0 Å². The molecule has 0 saturated carbocycles. The maximum atomic E-state index is 12.6. The van der Waals surface area contributed by atoms with Crippen molar-refractivity contribution in [2.75, 3.05) is 6.61 Å². The summed E-state index contributed by atoms with van der Waals surface area (Å²) in [5.74, 6) is -1.31. The Balaban J connectivity index is 0.00000256. The second kappa shape index (κ2) is 6.98. The van der Waals surface area contributed by atoms with Gasteiger partial charge in [0.2, 0.25) is 0 Å². The van der Waals surface area contributed by atoms with E-state index in [2.05, 4.69) is 4.74 Å². The maximum absolute atomic E-state index is 12.6. The fraction of sp³-hybridized carbons (Fsp3) is 0.273. The molecule has 94 valence electrons. The molecule has 2 N–H and O–H groups in total. The summed E-state index contributed by atoms with van der Waals surface area (Å²) in [7, 11) is 0. The monoisotopic (exact) mass is 261 g/mol. The first-order valence-corrected chi connectivity index (χ1v) is 4.69. The molecular weight excluding hydrogens is 249 g/mol. The van der Waals surface area contributed by atoms with Crippen molar-refractivity contribution in [3.63, 3.8) is 0 Å². The van der Waals surface area contributed by atoms with Crippen LogP contribution in [0.4, 0.5) is 4.39 Å². The molecule has 0 saturated heterocycles. The second-order valence-electron chi connectivity index (χ2n) is 3.28. The zero-order valence-electron chi connectivity index (χ0n) is 9.18. The highest BCUT2D eigenvalue weighted by Crippen LogP contribution is 2.05. The first-order chi connectivity index (χ1) is 7.50. The van der Waals surface area contributed by atoms with Crippen molar-refractivity contribution in [3.05, 3.63) is 35.6 Å². The Morgan fingerprint density at radius 2 is 1.88 bits per heavy atom. The summed E-state index contributed by atoms with van der Waals surface area (Å²) in [5, 5.41) is 0. The van der Waals surface area contributed by atoms with Crippen LogP contribution >= 0.6 is 12.4 Å². The summed E-state index contributed by atoms with van der Waals surface area (Å²) in [4.78, 5) is 22.1. The minimum absolute atomic E-state index is 0. The van der Waals surface area contributed by atoms with Crippen molar-refractivity contribution >= 4 is 24.2 Å². The molecule has 1 aromatic carbocycles. The average Bonchev–Trinajstić information content (AvgIpc) is 2.26. The van der Waals surface area contributed by atoms with Crippen molar-refractivity contribution < 1.29 is 18.7 Å². The number of nitrogens with two attached hydrogens (primary N) is 1. The van der Waals surface area contributed by atoms with Gasteiger partial charge in [-0.3, -0.25) is 9.59 Å². The van der Waals surface area contributed by atoms with Gasteiger partial charge in [0.15, 0.2) is 5.78 Å². The molecule has 0 spiro atoms. The molecule has 4 nitrogen and oxygen atoms in total. The highest BCUT2D eigenvalue weighted by Gasteiger charge is 2.16. The third-order valence-electron chi connectivity index (χ3n) is 1.93. The molecule has 6 heteroatoms. The Bertz CT molecular complexity index is 394. The van der Waals surface area contributed by atoms with Crippen LogP contribution in [0.5, 0.6) is 0 Å². The molecule has 0 bridgehead atoms. The molecule has 1 rings (SSSR count). The third-order valence-corrected chi connectivity index (χ3v) is 1.93. The molecule has 17 heavy (non-hydrogen) atoms. The van der Waals surface area contributed by atoms with E-state index in [1.54, 1.807) is 0 Å². The van der Waals surface area contributed by atoms with Gasteiger partial charge in [0.25, 0.3) is 0 Å². The highest BCUT2D eigenvalue weighted by atomic mass is 35.5. The number of rotatable bonds is 4. The molecule has 0 aliphatic heterocycles. The van der Waals surface area contributed by atoms with Crippen LogP contribution in [0.2, 0.25) is 0 Å². The van der Waals surface area contributed by atoms with Gasteiger partial charge in [-0.05, 0) is 24.3 Å². The van der Waals surface area contributed by atoms with Gasteiger partial charge >= 0.3 is 5.97 Å². The maximum Gasteiger partial charge on any atom is 0.302 e. The molecule has 1 atom stereocenters. The van der Waals surface area contributed by atoms with E-state index in [-0.39, 0.29) is 24.8 Å². The summed E-state index contributed by atoms with van der Waals surface area (Å²) in [6.07, 6.45) is 0. The fourth-order valence-corrected chi connectivity index (χ4v) is 1.11. The standard InChI is InChI=1S/C11H12FNO3.ClH/c1-7(14)16-6-10(13)11(15)8-2-4-9(12)5-3-8;/h2-5,10H,6,13H2,1H3;1H/t10-;/m1./s1. The highest BCUT2D eigenvalue weighted by molar-refractivity contribution is 6.00. The van der Waals surface area contributed by atoms with Gasteiger partial charge < -0.3 is 10.5 Å². The normalized spacial score (nSPS) is 11.2. The lowest BCUT2D eigenvalue weighted by Gasteiger charge is -2.10. The van der Waals surface area contributed by atoms with E-state index in [1.165, 1.54) is 31.2 Å². The van der Waals surface area contributed by atoms with E-state index in [0.717, 1.165) is 0 Å². The van der Waals surface area contributed by atoms with Gasteiger partial charge in [0.1, 0.15) is 18.5 Å². The van der Waals surface area contributed by atoms with Crippen molar-refractivity contribution in [1.29, 1.82) is 0 Å². The Morgan fingerprint density at radius 1 is 1.35 bits per heavy atom. The molecular formula is C11H13ClFNO3. The fourth-order valence-electron chi connectivity index (χ4n) is 1.11. The number of ether oxygens (including phenoxy) is 1. The first kappa shape index (κ1) is 15.5. The zero-order valence-corrected chi connectivity index (χ0v) is 10.00. The van der Waals surface area contributed by atoms with Crippen LogP contribution in [-0.4, -0.2) is 24.4 Å². The quantitative estimate of drug-likeness (QED) is 0.656. The molecule has 0 radical (unpaired) electrons. The molecule has 0 aliphatic rings. The van der Waals surface area contributed by atoms with Crippen molar-refractivity contribution in [2.45, 2.75) is 13.0 Å². The molecule has 0 fully saturated rings. The zero-order chi connectivity index (χ0) is 12.1. The Morgan fingerprint density at radius 3 is 2.35 bits per heavy atom. The number of benzene rings is 1. The summed E-state index contributed by atoms with van der Waals surface area (Å²) >= 11 is 0. The molecule has 0 amide bonds. The summed E-state index contributed by atoms with van der Waals surface area (Å²) in [5.41, 5.74) is 5.81. The van der Waals surface area contributed by atoms with Crippen molar-refractivity contribution in [2.24, 2.45) is 5.73 Å². The van der Waals surface area contributed by atoms with Gasteiger partial charge in [-0.1, -0.05) is 0 Å². The minimum atomic E-state index is -0.922. The van der Waals surface area contributed by atoms with Gasteiger partial charge in [-0.25, -0.2) is 4.39 Å². The van der Waals surface area contributed by atoms with Crippen LogP contribution in [0.1, 0.15) is 17.3 Å². The second-order valence-corrected chi connectivity index (χ2v) is 3.28. The Kier molecular flexibility index (Phi) is 6.38. The van der Waals surface area contributed by atoms with Crippen LogP contribution in [-0.2, 0) is 9.53 Å². The lowest BCUT2D eigenvalue weighted by Crippen LogP contribution is -2.35. The number of carbonyl (C=O) groups excluding carboxylic acids is 2. The molecule has 0 heterocycles. The largest absolute Gasteiger partial charge is 0.464 e. The van der Waals surface area contributed by atoms with Crippen molar-refractivity contribution in [3.8, 4) is 0 Å². The third kappa shape index (κ3) is 4.93. The van der Waals surface area contributed by atoms with E-state index < -0.39 is 17.8 Å². The average molecular weight is 262 g/mol. The predicted molar refractivity (Wildman–Crippen MR) is 62.6 cm³/mol. The number of hydrogen-bond donors (Lipinski definition) is 1. The number of Topliss-reactive ketones (excluding diaryl/α,β-unsaturated/α-hetero) is 1. The van der Waals surface area contributed by atoms with Crippen LogP contribution in [0.15, 0.2) is 24.3 Å². The lowest BCUT2D eigenvalue weighted by atomic mass is 10.1. The first-order valence-electron chi connectivity index (χ1n) is 4.69. The van der Waals surface area contributed by atoms with E-state index in [0.29, 0.717) is 5.56 Å². The topological polar surface area (TPSA) is 69.4 Å². The van der Waals surface area contributed by atoms with E-state index in [9.17, 15) is 14.0 Å². The molecule has 1 aromatic rings. The van der Waals surface area contributed by atoms with Crippen LogP contribution in [0, 0.1) is 5.82 Å². The van der Waals surface area contributed by atoms with Crippen LogP contribution < -0.4 is 5.73 Å². The number of ketones is 1.